The Bertz CT molecular complexity index is 999. The zero-order valence-electron chi connectivity index (χ0n) is 16.6. The van der Waals surface area contributed by atoms with E-state index in [-0.39, 0.29) is 16.9 Å². The first-order valence-electron chi connectivity index (χ1n) is 10.0. The van der Waals surface area contributed by atoms with Crippen molar-refractivity contribution in [1.29, 1.82) is 0 Å². The minimum atomic E-state index is -3.74. The fraction of sp³-hybridized carbons (Fsp3) is 0.409. The second kappa shape index (κ2) is 8.16. The van der Waals surface area contributed by atoms with Gasteiger partial charge in [0.05, 0.1) is 16.7 Å². The van der Waals surface area contributed by atoms with E-state index in [9.17, 15) is 13.2 Å². The van der Waals surface area contributed by atoms with E-state index in [0.717, 1.165) is 43.5 Å². The summed E-state index contributed by atoms with van der Waals surface area (Å²) in [5.41, 5.74) is 2.13. The molecule has 1 fully saturated rings. The number of anilines is 1. The molecule has 2 aliphatic heterocycles. The number of likely N-dealkylation sites (N-methyl/N-ethyl adjacent to an activating group) is 1. The van der Waals surface area contributed by atoms with Crippen molar-refractivity contribution in [3.8, 4) is 0 Å². The molecular formula is C22H26N2O4S. The standard InChI is InChI=1S/C22H26N2O4S/c1-23(16-19-10-6-14-28-19)22(25)18-8-4-11-20(15-18)29(26,27)24-13-5-9-17-7-2-3-12-21(17)24/h2-4,7-8,11-12,15,19H,5-6,9-10,13-14,16H2,1H3. The number of nitrogens with zero attached hydrogens (tertiary/aromatic N) is 2. The Morgan fingerprint density at radius 3 is 2.79 bits per heavy atom. The number of ether oxygens (including phenoxy) is 1. The molecule has 0 aliphatic carbocycles. The van der Waals surface area contributed by atoms with Crippen LogP contribution >= 0.6 is 0 Å². The van der Waals surface area contributed by atoms with Gasteiger partial charge in [-0.15, -0.1) is 0 Å². The smallest absolute Gasteiger partial charge is 0.264 e. The number of aryl methyl sites for hydroxylation is 1. The van der Waals surface area contributed by atoms with Crippen LogP contribution in [0.15, 0.2) is 53.4 Å². The Hall–Kier alpha value is -2.38. The summed E-state index contributed by atoms with van der Waals surface area (Å²) in [7, 11) is -2.01. The van der Waals surface area contributed by atoms with E-state index in [0.29, 0.717) is 18.7 Å². The van der Waals surface area contributed by atoms with Crippen LogP contribution in [0.5, 0.6) is 0 Å². The van der Waals surface area contributed by atoms with Crippen LogP contribution in [0, 0.1) is 0 Å². The zero-order valence-corrected chi connectivity index (χ0v) is 17.4. The number of para-hydroxylation sites is 1. The van der Waals surface area contributed by atoms with Gasteiger partial charge < -0.3 is 9.64 Å². The van der Waals surface area contributed by atoms with Crippen molar-refractivity contribution in [2.24, 2.45) is 0 Å². The minimum Gasteiger partial charge on any atom is -0.376 e. The Balaban J connectivity index is 1.59. The molecule has 29 heavy (non-hydrogen) atoms. The van der Waals surface area contributed by atoms with Crippen LogP contribution in [0.4, 0.5) is 5.69 Å². The SMILES string of the molecule is CN(CC1CCCO1)C(=O)c1cccc(S(=O)(=O)N2CCCc3ccccc32)c1. The average Bonchev–Trinajstić information content (AvgIpc) is 3.25. The Morgan fingerprint density at radius 1 is 1.17 bits per heavy atom. The highest BCUT2D eigenvalue weighted by atomic mass is 32.2. The lowest BCUT2D eigenvalue weighted by atomic mass is 10.0. The molecule has 1 saturated heterocycles. The summed E-state index contributed by atoms with van der Waals surface area (Å²) < 4.78 is 33.8. The number of sulfonamides is 1. The maximum Gasteiger partial charge on any atom is 0.264 e. The second-order valence-corrected chi connectivity index (χ2v) is 9.52. The molecule has 2 aromatic carbocycles. The third-order valence-electron chi connectivity index (χ3n) is 5.58. The third-order valence-corrected chi connectivity index (χ3v) is 7.39. The number of carbonyl (C=O) groups excluding carboxylic acids is 1. The Labute approximate surface area is 172 Å². The minimum absolute atomic E-state index is 0.0562. The van der Waals surface area contributed by atoms with Crippen LogP contribution in [-0.2, 0) is 21.2 Å². The molecule has 2 heterocycles. The number of amides is 1. The third kappa shape index (κ3) is 4.02. The molecule has 0 aromatic heterocycles. The number of carbonyl (C=O) groups is 1. The van der Waals surface area contributed by atoms with Crippen molar-refractivity contribution in [2.75, 3.05) is 31.0 Å². The first-order valence-corrected chi connectivity index (χ1v) is 11.5. The highest BCUT2D eigenvalue weighted by Crippen LogP contribution is 2.32. The predicted octanol–water partition coefficient (Wildman–Crippen LogP) is 3.08. The molecule has 0 bridgehead atoms. The quantitative estimate of drug-likeness (QED) is 0.754. The fourth-order valence-electron chi connectivity index (χ4n) is 4.06. The van der Waals surface area contributed by atoms with Crippen molar-refractivity contribution in [3.63, 3.8) is 0 Å². The lowest BCUT2D eigenvalue weighted by Crippen LogP contribution is -2.36. The molecule has 1 unspecified atom stereocenters. The Morgan fingerprint density at radius 2 is 2.00 bits per heavy atom. The number of fused-ring (bicyclic) bond motifs is 1. The van der Waals surface area contributed by atoms with Gasteiger partial charge in [-0.3, -0.25) is 9.10 Å². The van der Waals surface area contributed by atoms with Crippen LogP contribution in [0.1, 0.15) is 35.2 Å². The topological polar surface area (TPSA) is 66.9 Å². The lowest BCUT2D eigenvalue weighted by molar-refractivity contribution is 0.0587. The molecule has 4 rings (SSSR count). The fourth-order valence-corrected chi connectivity index (χ4v) is 5.65. The van der Waals surface area contributed by atoms with E-state index in [1.807, 2.05) is 24.3 Å². The summed E-state index contributed by atoms with van der Waals surface area (Å²) in [6, 6.07) is 13.9. The number of hydrogen-bond acceptors (Lipinski definition) is 4. The van der Waals surface area contributed by atoms with Crippen molar-refractivity contribution in [3.05, 3.63) is 59.7 Å². The van der Waals surface area contributed by atoms with Gasteiger partial charge >= 0.3 is 0 Å². The van der Waals surface area contributed by atoms with E-state index in [4.69, 9.17) is 4.74 Å². The van der Waals surface area contributed by atoms with Crippen LogP contribution < -0.4 is 4.31 Å². The van der Waals surface area contributed by atoms with Crippen molar-refractivity contribution in [2.45, 2.75) is 36.7 Å². The first-order chi connectivity index (χ1) is 14.0. The van der Waals surface area contributed by atoms with E-state index in [2.05, 4.69) is 0 Å². The maximum atomic E-state index is 13.4. The van der Waals surface area contributed by atoms with E-state index in [1.54, 1.807) is 30.1 Å². The molecule has 0 N–H and O–H groups in total. The average molecular weight is 415 g/mol. The Kier molecular flexibility index (Phi) is 5.61. The monoisotopic (exact) mass is 414 g/mol. The summed E-state index contributed by atoms with van der Waals surface area (Å²) in [6.45, 7) is 1.68. The van der Waals surface area contributed by atoms with E-state index in [1.165, 1.54) is 10.4 Å². The highest BCUT2D eigenvalue weighted by molar-refractivity contribution is 7.92. The van der Waals surface area contributed by atoms with E-state index < -0.39 is 10.0 Å². The van der Waals surface area contributed by atoms with Gasteiger partial charge in [0, 0.05) is 32.3 Å². The summed E-state index contributed by atoms with van der Waals surface area (Å²) in [5, 5.41) is 0. The molecule has 7 heteroatoms. The van der Waals surface area contributed by atoms with Gasteiger partial charge in [-0.05, 0) is 55.5 Å². The van der Waals surface area contributed by atoms with Gasteiger partial charge in [0.1, 0.15) is 0 Å². The van der Waals surface area contributed by atoms with Crippen molar-refractivity contribution < 1.29 is 17.9 Å². The summed E-state index contributed by atoms with van der Waals surface area (Å²) in [4.78, 5) is 14.6. The van der Waals surface area contributed by atoms with Gasteiger partial charge in [0.25, 0.3) is 15.9 Å². The second-order valence-electron chi connectivity index (χ2n) is 7.66. The molecule has 2 aliphatic rings. The van der Waals surface area contributed by atoms with Gasteiger partial charge in [-0.2, -0.15) is 0 Å². The molecule has 6 nitrogen and oxygen atoms in total. The molecule has 1 atom stereocenters. The zero-order chi connectivity index (χ0) is 20.4. The van der Waals surface area contributed by atoms with Crippen LogP contribution in [0.25, 0.3) is 0 Å². The van der Waals surface area contributed by atoms with Crippen molar-refractivity contribution >= 4 is 21.6 Å². The van der Waals surface area contributed by atoms with E-state index >= 15 is 0 Å². The highest BCUT2D eigenvalue weighted by Gasteiger charge is 2.30. The van der Waals surface area contributed by atoms with Gasteiger partial charge in [-0.1, -0.05) is 24.3 Å². The molecular weight excluding hydrogens is 388 g/mol. The van der Waals surface area contributed by atoms with Crippen molar-refractivity contribution in [1.82, 2.24) is 4.90 Å². The number of rotatable bonds is 5. The molecule has 154 valence electrons. The molecule has 0 radical (unpaired) electrons. The van der Waals surface area contributed by atoms with Crippen LogP contribution in [0.2, 0.25) is 0 Å². The maximum absolute atomic E-state index is 13.4. The lowest BCUT2D eigenvalue weighted by Gasteiger charge is -2.30. The normalized spacial score (nSPS) is 19.1. The number of benzene rings is 2. The van der Waals surface area contributed by atoms with Gasteiger partial charge in [-0.25, -0.2) is 8.42 Å². The largest absolute Gasteiger partial charge is 0.376 e. The predicted molar refractivity (Wildman–Crippen MR) is 112 cm³/mol. The van der Waals surface area contributed by atoms with Gasteiger partial charge in [0.15, 0.2) is 0 Å². The molecule has 2 aromatic rings. The van der Waals surface area contributed by atoms with Crippen LogP contribution in [0.3, 0.4) is 0 Å². The summed E-state index contributed by atoms with van der Waals surface area (Å²) >= 11 is 0. The van der Waals surface area contributed by atoms with Crippen LogP contribution in [-0.4, -0.2) is 52.1 Å². The summed E-state index contributed by atoms with van der Waals surface area (Å²) in [6.07, 6.45) is 3.66. The molecule has 0 saturated carbocycles. The summed E-state index contributed by atoms with van der Waals surface area (Å²) in [5.74, 6) is -0.198. The van der Waals surface area contributed by atoms with Gasteiger partial charge in [0.2, 0.25) is 0 Å². The first kappa shape index (κ1) is 19.9. The molecule has 1 amide bonds. The number of hydrogen-bond donors (Lipinski definition) is 0. The molecule has 0 spiro atoms.